The van der Waals surface area contributed by atoms with E-state index in [0.717, 1.165) is 35.5 Å². The highest BCUT2D eigenvalue weighted by molar-refractivity contribution is 7.15. The van der Waals surface area contributed by atoms with Crippen LogP contribution in [-0.4, -0.2) is 58.8 Å². The number of pyridine rings is 1. The Balaban J connectivity index is 1.33. The molecule has 2 fully saturated rings. The average Bonchev–Trinajstić information content (AvgIpc) is 3.61. The summed E-state index contributed by atoms with van der Waals surface area (Å²) in [6.07, 6.45) is 2.48. The lowest BCUT2D eigenvalue weighted by molar-refractivity contribution is 0.122. The maximum atomic E-state index is 15.5. The van der Waals surface area contributed by atoms with E-state index in [2.05, 4.69) is 38.4 Å². The molecule has 5 heterocycles. The van der Waals surface area contributed by atoms with Gasteiger partial charge >= 0.3 is 0 Å². The van der Waals surface area contributed by atoms with E-state index in [0.29, 0.717) is 54.2 Å². The standard InChI is InChI=1S/C30H35FN6O2S/c1-19(27-24(31)17-26(40-27)22-9-5-4-8-21(22)18-36-10-6-7-11-36)32-28-23-16-25(37-12-14-39-15-13-37)30(38)35(3)29(23)34-20(2)33-28/h4-5,8-9,16-17,19H,6-7,10-15,18H2,1-3H3,(H,32,33,34)/t19-/m1/s1. The summed E-state index contributed by atoms with van der Waals surface area (Å²) in [7, 11) is 1.74. The number of aryl methyl sites for hydroxylation is 2. The van der Waals surface area contributed by atoms with Gasteiger partial charge in [-0.15, -0.1) is 11.3 Å². The van der Waals surface area contributed by atoms with Crippen LogP contribution >= 0.6 is 11.3 Å². The number of morpholine rings is 1. The first-order valence-corrected chi connectivity index (χ1v) is 14.8. The second kappa shape index (κ2) is 11.3. The predicted molar refractivity (Wildman–Crippen MR) is 159 cm³/mol. The number of likely N-dealkylation sites (tertiary alicyclic amines) is 1. The third-order valence-corrected chi connectivity index (χ3v) is 9.17. The van der Waals surface area contributed by atoms with Gasteiger partial charge in [-0.05, 0) is 63.0 Å². The molecule has 2 aliphatic rings. The highest BCUT2D eigenvalue weighted by atomic mass is 32.1. The molecule has 6 rings (SSSR count). The Labute approximate surface area is 237 Å². The molecule has 210 valence electrons. The van der Waals surface area contributed by atoms with Gasteiger partial charge in [-0.25, -0.2) is 14.4 Å². The first kappa shape index (κ1) is 26.9. The van der Waals surface area contributed by atoms with Crippen LogP contribution in [0.1, 0.15) is 42.1 Å². The highest BCUT2D eigenvalue weighted by Gasteiger charge is 2.23. The van der Waals surface area contributed by atoms with Crippen molar-refractivity contribution < 1.29 is 9.13 Å². The summed E-state index contributed by atoms with van der Waals surface area (Å²) in [6, 6.07) is 11.5. The van der Waals surface area contributed by atoms with E-state index < -0.39 is 0 Å². The van der Waals surface area contributed by atoms with Gasteiger partial charge in [-0.3, -0.25) is 14.3 Å². The number of nitrogens with one attached hydrogen (secondary N) is 1. The predicted octanol–water partition coefficient (Wildman–Crippen LogP) is 5.11. The van der Waals surface area contributed by atoms with Gasteiger partial charge in [-0.2, -0.15) is 0 Å². The lowest BCUT2D eigenvalue weighted by atomic mass is 10.1. The van der Waals surface area contributed by atoms with Gasteiger partial charge in [-0.1, -0.05) is 24.3 Å². The Morgan fingerprint density at radius 3 is 2.62 bits per heavy atom. The Bertz CT molecular complexity index is 1590. The minimum Gasteiger partial charge on any atom is -0.378 e. The fourth-order valence-corrected chi connectivity index (χ4v) is 6.82. The molecule has 0 saturated carbocycles. The molecule has 0 radical (unpaired) electrons. The molecule has 2 saturated heterocycles. The second-order valence-corrected chi connectivity index (χ2v) is 11.8. The third kappa shape index (κ3) is 5.23. The topological polar surface area (TPSA) is 75.5 Å². The van der Waals surface area contributed by atoms with Gasteiger partial charge in [0, 0.05) is 31.6 Å². The fraction of sp³-hybridized carbons (Fsp3) is 0.433. The lowest BCUT2D eigenvalue weighted by Gasteiger charge is -2.29. The Morgan fingerprint density at radius 1 is 1.10 bits per heavy atom. The quantitative estimate of drug-likeness (QED) is 0.336. The van der Waals surface area contributed by atoms with Gasteiger partial charge in [0.1, 0.15) is 28.8 Å². The maximum absolute atomic E-state index is 15.5. The highest BCUT2D eigenvalue weighted by Crippen LogP contribution is 2.38. The zero-order valence-corrected chi connectivity index (χ0v) is 24.1. The maximum Gasteiger partial charge on any atom is 0.275 e. The van der Waals surface area contributed by atoms with E-state index in [1.54, 1.807) is 24.6 Å². The Kier molecular flexibility index (Phi) is 7.57. The summed E-state index contributed by atoms with van der Waals surface area (Å²) < 4.78 is 22.5. The monoisotopic (exact) mass is 562 g/mol. The largest absolute Gasteiger partial charge is 0.378 e. The number of ether oxygens (including phenoxy) is 1. The zero-order chi connectivity index (χ0) is 27.8. The number of nitrogens with zero attached hydrogens (tertiary/aromatic N) is 5. The fourth-order valence-electron chi connectivity index (χ4n) is 5.72. The summed E-state index contributed by atoms with van der Waals surface area (Å²) in [6.45, 7) is 9.32. The molecule has 0 bridgehead atoms. The van der Waals surface area contributed by atoms with Crippen molar-refractivity contribution in [1.82, 2.24) is 19.4 Å². The van der Waals surface area contributed by atoms with E-state index in [1.165, 1.54) is 29.7 Å². The number of hydrogen-bond donors (Lipinski definition) is 1. The molecule has 8 nitrogen and oxygen atoms in total. The number of halogens is 1. The smallest absolute Gasteiger partial charge is 0.275 e. The summed E-state index contributed by atoms with van der Waals surface area (Å²) >= 11 is 1.48. The summed E-state index contributed by atoms with van der Waals surface area (Å²) in [5.41, 5.74) is 3.36. The zero-order valence-electron chi connectivity index (χ0n) is 23.2. The van der Waals surface area contributed by atoms with E-state index in [9.17, 15) is 4.79 Å². The van der Waals surface area contributed by atoms with E-state index in [4.69, 9.17) is 4.74 Å². The van der Waals surface area contributed by atoms with Crippen LogP contribution in [0.5, 0.6) is 0 Å². The molecular weight excluding hydrogens is 527 g/mol. The van der Waals surface area contributed by atoms with Crippen molar-refractivity contribution in [3.05, 3.63) is 68.8 Å². The molecule has 1 aromatic carbocycles. The van der Waals surface area contributed by atoms with Crippen LogP contribution < -0.4 is 15.8 Å². The van der Waals surface area contributed by atoms with Gasteiger partial charge in [0.05, 0.1) is 29.5 Å². The lowest BCUT2D eigenvalue weighted by Crippen LogP contribution is -2.40. The number of anilines is 2. The molecule has 0 unspecified atom stereocenters. The van der Waals surface area contributed by atoms with Crippen LogP contribution in [0.3, 0.4) is 0 Å². The molecule has 0 spiro atoms. The molecule has 4 aromatic rings. The van der Waals surface area contributed by atoms with Crippen molar-refractivity contribution >= 4 is 33.9 Å². The van der Waals surface area contributed by atoms with Crippen molar-refractivity contribution in [2.75, 3.05) is 49.6 Å². The van der Waals surface area contributed by atoms with Gasteiger partial charge in [0.2, 0.25) is 0 Å². The van der Waals surface area contributed by atoms with E-state index in [-0.39, 0.29) is 17.4 Å². The molecule has 40 heavy (non-hydrogen) atoms. The second-order valence-electron chi connectivity index (χ2n) is 10.7. The van der Waals surface area contributed by atoms with Crippen molar-refractivity contribution in [2.45, 2.75) is 39.3 Å². The molecule has 3 aromatic heterocycles. The van der Waals surface area contributed by atoms with Gasteiger partial charge < -0.3 is 15.0 Å². The van der Waals surface area contributed by atoms with Gasteiger partial charge in [0.25, 0.3) is 5.56 Å². The summed E-state index contributed by atoms with van der Waals surface area (Å²) in [4.78, 5) is 28.5. The van der Waals surface area contributed by atoms with Crippen molar-refractivity contribution in [3.63, 3.8) is 0 Å². The normalized spacial score (nSPS) is 17.1. The van der Waals surface area contributed by atoms with E-state index in [1.807, 2.05) is 24.0 Å². The SMILES string of the molecule is Cc1nc(N[C@H](C)c2sc(-c3ccccc3CN3CCCC3)cc2F)c2cc(N3CCOCC3)c(=O)n(C)c2n1. The van der Waals surface area contributed by atoms with Crippen molar-refractivity contribution in [2.24, 2.45) is 7.05 Å². The molecule has 0 amide bonds. The van der Waals surface area contributed by atoms with Crippen LogP contribution in [0.15, 0.2) is 41.2 Å². The first-order chi connectivity index (χ1) is 19.4. The van der Waals surface area contributed by atoms with Crippen molar-refractivity contribution in [1.29, 1.82) is 0 Å². The summed E-state index contributed by atoms with van der Waals surface area (Å²) in [5.74, 6) is 0.899. The van der Waals surface area contributed by atoms with Crippen LogP contribution in [0.2, 0.25) is 0 Å². The minimum absolute atomic E-state index is 0.104. The number of fused-ring (bicyclic) bond motifs is 1. The minimum atomic E-state index is -0.342. The first-order valence-electron chi connectivity index (χ1n) is 14.0. The number of thiophene rings is 1. The molecule has 0 aliphatic carbocycles. The molecular formula is C30H35FN6O2S. The third-order valence-electron chi connectivity index (χ3n) is 7.85. The Morgan fingerprint density at radius 2 is 1.85 bits per heavy atom. The van der Waals surface area contributed by atoms with E-state index >= 15 is 4.39 Å². The number of aromatic nitrogens is 3. The number of rotatable bonds is 7. The Hall–Kier alpha value is -3.34. The molecule has 1 N–H and O–H groups in total. The summed E-state index contributed by atoms with van der Waals surface area (Å²) in [5, 5.41) is 4.18. The average molecular weight is 563 g/mol. The number of benzene rings is 1. The van der Waals surface area contributed by atoms with Crippen molar-refractivity contribution in [3.8, 4) is 10.4 Å². The van der Waals surface area contributed by atoms with Crippen LogP contribution in [-0.2, 0) is 18.3 Å². The molecule has 2 aliphatic heterocycles. The van der Waals surface area contributed by atoms with Gasteiger partial charge in [0.15, 0.2) is 0 Å². The van der Waals surface area contributed by atoms with Crippen LogP contribution in [0.4, 0.5) is 15.9 Å². The molecule has 10 heteroatoms. The van der Waals surface area contributed by atoms with Crippen LogP contribution in [0.25, 0.3) is 21.5 Å². The van der Waals surface area contributed by atoms with Crippen LogP contribution in [0, 0.1) is 12.7 Å². The number of hydrogen-bond acceptors (Lipinski definition) is 8. The molecule has 1 atom stereocenters.